The van der Waals surface area contributed by atoms with E-state index in [9.17, 15) is 43.2 Å². The van der Waals surface area contributed by atoms with Crippen LogP contribution in [0.25, 0.3) is 0 Å². The largest absolute Gasteiger partial charge is 0.472 e. The van der Waals surface area contributed by atoms with Crippen molar-refractivity contribution < 1.29 is 80.2 Å². The Bertz CT molecular complexity index is 1890. The van der Waals surface area contributed by atoms with Crippen molar-refractivity contribution in [3.63, 3.8) is 0 Å². The molecule has 4 unspecified atom stereocenters. The van der Waals surface area contributed by atoms with Crippen LogP contribution in [0.2, 0.25) is 0 Å². The zero-order chi connectivity index (χ0) is 71.0. The number of phosphoric acid groups is 2. The molecule has 0 spiro atoms. The van der Waals surface area contributed by atoms with Crippen LogP contribution in [0.1, 0.15) is 389 Å². The lowest BCUT2D eigenvalue weighted by molar-refractivity contribution is -0.161. The van der Waals surface area contributed by atoms with Crippen molar-refractivity contribution in [2.75, 3.05) is 39.6 Å². The molecule has 0 amide bonds. The third-order valence-electron chi connectivity index (χ3n) is 18.5. The topological polar surface area (TPSA) is 237 Å². The highest BCUT2D eigenvalue weighted by Gasteiger charge is 2.30. The van der Waals surface area contributed by atoms with Crippen molar-refractivity contribution in [1.82, 2.24) is 0 Å². The van der Waals surface area contributed by atoms with Gasteiger partial charge in [0.2, 0.25) is 0 Å². The van der Waals surface area contributed by atoms with E-state index in [1.54, 1.807) is 0 Å². The van der Waals surface area contributed by atoms with E-state index in [0.29, 0.717) is 31.6 Å². The van der Waals surface area contributed by atoms with E-state index in [2.05, 4.69) is 55.4 Å². The van der Waals surface area contributed by atoms with Gasteiger partial charge in [0.25, 0.3) is 0 Å². The Labute approximate surface area is 588 Å². The molecule has 0 aliphatic heterocycles. The van der Waals surface area contributed by atoms with Gasteiger partial charge in [0.1, 0.15) is 19.3 Å². The van der Waals surface area contributed by atoms with E-state index in [-0.39, 0.29) is 25.7 Å². The number of ether oxygens (including phenoxy) is 4. The molecule has 570 valence electrons. The Morgan fingerprint density at radius 2 is 0.500 bits per heavy atom. The fraction of sp³-hybridized carbons (Fsp3) is 0.948. The molecule has 19 heteroatoms. The number of carbonyl (C=O) groups excluding carboxylic acids is 4. The highest BCUT2D eigenvalue weighted by molar-refractivity contribution is 7.47. The molecule has 0 aliphatic rings. The van der Waals surface area contributed by atoms with Crippen LogP contribution in [0.4, 0.5) is 0 Å². The van der Waals surface area contributed by atoms with Crippen molar-refractivity contribution in [2.24, 2.45) is 23.7 Å². The molecule has 0 aromatic heterocycles. The normalized spacial score (nSPS) is 14.7. The summed E-state index contributed by atoms with van der Waals surface area (Å²) in [4.78, 5) is 72.7. The lowest BCUT2D eigenvalue weighted by Gasteiger charge is -2.21. The summed E-state index contributed by atoms with van der Waals surface area (Å²) in [5.41, 5.74) is 0. The Balaban J connectivity index is 5.19. The van der Waals surface area contributed by atoms with Gasteiger partial charge in [0.05, 0.1) is 26.4 Å². The van der Waals surface area contributed by atoms with E-state index in [4.69, 9.17) is 37.0 Å². The number of phosphoric ester groups is 2. The summed E-state index contributed by atoms with van der Waals surface area (Å²) in [5.74, 6) is 0.954. The molecular formula is C77H150O17P2. The van der Waals surface area contributed by atoms with Crippen molar-refractivity contribution in [3.8, 4) is 0 Å². The van der Waals surface area contributed by atoms with Crippen LogP contribution in [-0.4, -0.2) is 96.7 Å². The third kappa shape index (κ3) is 67.9. The second-order valence-electron chi connectivity index (χ2n) is 29.2. The second-order valence-corrected chi connectivity index (χ2v) is 32.1. The summed E-state index contributed by atoms with van der Waals surface area (Å²) < 4.78 is 68.5. The highest BCUT2D eigenvalue weighted by atomic mass is 31.2. The smallest absolute Gasteiger partial charge is 0.462 e. The van der Waals surface area contributed by atoms with Crippen LogP contribution in [0, 0.1) is 23.7 Å². The second kappa shape index (κ2) is 66.3. The van der Waals surface area contributed by atoms with Crippen LogP contribution in [0.3, 0.4) is 0 Å². The zero-order valence-electron chi connectivity index (χ0n) is 63.0. The minimum atomic E-state index is -4.96. The number of unbranched alkanes of at least 4 members (excludes halogenated alkanes) is 38. The molecule has 17 nitrogen and oxygen atoms in total. The first-order chi connectivity index (χ1) is 46.2. The number of carbonyl (C=O) groups is 4. The standard InChI is InChI=1S/C77H150O17P2/c1-9-69(7)55-47-39-30-23-19-17-15-13-11-12-14-16-18-20-26-33-43-51-59-76(81)93-72(63-87-74(79)57-49-41-32-25-22-21-24-31-40-48-56-70(8)10-2)65-91-95(83,84)89-61-71(78)62-90-96(85,86)92-66-73(64-88-75(80)58-50-42-36-35-38-46-54-68(5)6)94-77(82)60-52-44-34-28-27-29-37-45-53-67(3)4/h67-73,78H,9-66H2,1-8H3,(H,83,84)(H,85,86)/t69?,70?,71-,72-,73-/m1/s1. The molecule has 0 radical (unpaired) electrons. The minimum Gasteiger partial charge on any atom is -0.462 e. The van der Waals surface area contributed by atoms with Gasteiger partial charge in [-0.1, -0.05) is 338 Å². The molecule has 0 aliphatic carbocycles. The predicted octanol–water partition coefficient (Wildman–Crippen LogP) is 22.4. The molecule has 96 heavy (non-hydrogen) atoms. The fourth-order valence-electron chi connectivity index (χ4n) is 11.7. The number of esters is 4. The summed E-state index contributed by atoms with van der Waals surface area (Å²) >= 11 is 0. The van der Waals surface area contributed by atoms with E-state index in [1.807, 2.05) is 0 Å². The van der Waals surface area contributed by atoms with Gasteiger partial charge in [-0.3, -0.25) is 37.3 Å². The van der Waals surface area contributed by atoms with Gasteiger partial charge in [-0.15, -0.1) is 0 Å². The first-order valence-electron chi connectivity index (χ1n) is 39.8. The summed E-state index contributed by atoms with van der Waals surface area (Å²) in [6.45, 7) is 14.2. The maximum atomic E-state index is 13.1. The lowest BCUT2D eigenvalue weighted by Crippen LogP contribution is -2.30. The van der Waals surface area contributed by atoms with E-state index < -0.39 is 97.5 Å². The van der Waals surface area contributed by atoms with Crippen molar-refractivity contribution in [1.29, 1.82) is 0 Å². The Morgan fingerprint density at radius 1 is 0.292 bits per heavy atom. The maximum absolute atomic E-state index is 13.1. The number of hydrogen-bond donors (Lipinski definition) is 3. The van der Waals surface area contributed by atoms with E-state index in [0.717, 1.165) is 114 Å². The van der Waals surface area contributed by atoms with Crippen molar-refractivity contribution in [3.05, 3.63) is 0 Å². The Kier molecular flexibility index (Phi) is 65.0. The molecule has 0 rings (SSSR count). The quantitative estimate of drug-likeness (QED) is 0.0222. The Hall–Kier alpha value is -1.94. The first-order valence-corrected chi connectivity index (χ1v) is 42.8. The summed E-state index contributed by atoms with van der Waals surface area (Å²) in [5, 5.41) is 10.6. The van der Waals surface area contributed by atoms with Gasteiger partial charge in [0.15, 0.2) is 12.2 Å². The number of rotatable bonds is 74. The monoisotopic (exact) mass is 1410 g/mol. The minimum absolute atomic E-state index is 0.103. The number of aliphatic hydroxyl groups excluding tert-OH is 1. The van der Waals surface area contributed by atoms with E-state index in [1.165, 1.54) is 186 Å². The SMILES string of the molecule is CCC(C)CCCCCCCCCCCCCCCCCCCCC(=O)O[C@H](COC(=O)CCCCCCCCCCCCC(C)CC)COP(=O)(O)OC[C@@H](O)COP(=O)(O)OC[C@@H](COC(=O)CCCCCCCCC(C)C)OC(=O)CCCCCCCCCCC(C)C. The van der Waals surface area contributed by atoms with Crippen LogP contribution in [0.15, 0.2) is 0 Å². The van der Waals surface area contributed by atoms with Gasteiger partial charge in [-0.2, -0.15) is 0 Å². The van der Waals surface area contributed by atoms with Gasteiger partial charge in [-0.05, 0) is 49.4 Å². The van der Waals surface area contributed by atoms with Crippen LogP contribution >= 0.6 is 15.6 Å². The third-order valence-corrected chi connectivity index (χ3v) is 20.4. The van der Waals surface area contributed by atoms with Crippen LogP contribution < -0.4 is 0 Å². The summed E-state index contributed by atoms with van der Waals surface area (Å²) in [7, 11) is -9.91. The zero-order valence-corrected chi connectivity index (χ0v) is 64.8. The molecule has 0 aromatic rings. The van der Waals surface area contributed by atoms with Gasteiger partial charge >= 0.3 is 39.5 Å². The van der Waals surface area contributed by atoms with Crippen molar-refractivity contribution >= 4 is 39.5 Å². The fourth-order valence-corrected chi connectivity index (χ4v) is 13.2. The molecule has 7 atom stereocenters. The number of hydrogen-bond acceptors (Lipinski definition) is 15. The molecule has 0 aromatic carbocycles. The average molecular weight is 1410 g/mol. The average Bonchev–Trinajstić information content (AvgIpc) is 2.55. The lowest BCUT2D eigenvalue weighted by atomic mass is 9.99. The first kappa shape index (κ1) is 94.1. The molecule has 0 saturated carbocycles. The predicted molar refractivity (Wildman–Crippen MR) is 391 cm³/mol. The maximum Gasteiger partial charge on any atom is 0.472 e. The van der Waals surface area contributed by atoms with Crippen molar-refractivity contribution in [2.45, 2.75) is 408 Å². The van der Waals surface area contributed by atoms with Gasteiger partial charge in [0, 0.05) is 25.7 Å². The molecule has 0 bridgehead atoms. The van der Waals surface area contributed by atoms with E-state index >= 15 is 0 Å². The number of aliphatic hydroxyl groups is 1. The molecule has 0 saturated heterocycles. The summed E-state index contributed by atoms with van der Waals surface area (Å²) in [6, 6.07) is 0. The molecule has 0 heterocycles. The van der Waals surface area contributed by atoms with Gasteiger partial charge in [-0.25, -0.2) is 9.13 Å². The van der Waals surface area contributed by atoms with Crippen LogP contribution in [0.5, 0.6) is 0 Å². The van der Waals surface area contributed by atoms with Gasteiger partial charge < -0.3 is 33.8 Å². The molecule has 3 N–H and O–H groups in total. The van der Waals surface area contributed by atoms with Crippen LogP contribution in [-0.2, 0) is 65.4 Å². The summed E-state index contributed by atoms with van der Waals surface area (Å²) in [6.07, 6.45) is 51.6. The molecule has 0 fully saturated rings. The Morgan fingerprint density at radius 3 is 0.740 bits per heavy atom. The highest BCUT2D eigenvalue weighted by Crippen LogP contribution is 2.45. The molecular weight excluding hydrogens is 1260 g/mol.